The third kappa shape index (κ3) is 2.80. The molecule has 2 aromatic heterocycles. The van der Waals surface area contributed by atoms with E-state index >= 15 is 0 Å². The molecule has 3 rings (SSSR count). The van der Waals surface area contributed by atoms with Crippen LogP contribution in [0.5, 0.6) is 0 Å². The van der Waals surface area contributed by atoms with Gasteiger partial charge in [0, 0.05) is 23.2 Å². The van der Waals surface area contributed by atoms with Crippen molar-refractivity contribution in [2.24, 2.45) is 7.05 Å². The van der Waals surface area contributed by atoms with Crippen LogP contribution in [0.25, 0.3) is 11.4 Å². The number of nitrogens with one attached hydrogen (secondary N) is 1. The molecule has 0 aliphatic heterocycles. The average Bonchev–Trinajstić information content (AvgIpc) is 3.08. The maximum atomic E-state index is 4.30. The minimum atomic E-state index is 0.248. The predicted molar refractivity (Wildman–Crippen MR) is 85.3 cm³/mol. The van der Waals surface area contributed by atoms with E-state index in [4.69, 9.17) is 0 Å². The second-order valence-electron chi connectivity index (χ2n) is 5.01. The second-order valence-corrected chi connectivity index (χ2v) is 5.90. The van der Waals surface area contributed by atoms with Crippen LogP contribution in [0.2, 0.25) is 0 Å². The number of thiazole rings is 1. The zero-order chi connectivity index (χ0) is 14.8. The Morgan fingerprint density at radius 3 is 2.57 bits per heavy atom. The number of anilines is 1. The summed E-state index contributed by atoms with van der Waals surface area (Å²) >= 11 is 1.68. The highest BCUT2D eigenvalue weighted by Gasteiger charge is 2.11. The fourth-order valence-corrected chi connectivity index (χ4v) is 3.11. The van der Waals surface area contributed by atoms with Gasteiger partial charge in [-0.15, -0.1) is 21.5 Å². The normalized spacial score (nSPS) is 12.3. The van der Waals surface area contributed by atoms with Crippen LogP contribution in [0, 0.1) is 6.92 Å². The molecule has 0 amide bonds. The molecule has 0 bridgehead atoms. The van der Waals surface area contributed by atoms with Gasteiger partial charge in [0.05, 0.1) is 17.2 Å². The summed E-state index contributed by atoms with van der Waals surface area (Å²) in [5, 5.41) is 11.5. The maximum absolute atomic E-state index is 4.30. The Bertz CT molecular complexity index is 729. The van der Waals surface area contributed by atoms with Gasteiger partial charge < -0.3 is 9.88 Å². The van der Waals surface area contributed by atoms with Crippen LogP contribution in [0.15, 0.2) is 36.1 Å². The summed E-state index contributed by atoms with van der Waals surface area (Å²) in [6.45, 7) is 4.19. The highest BCUT2D eigenvalue weighted by molar-refractivity contribution is 7.09. The lowest BCUT2D eigenvalue weighted by Crippen LogP contribution is -2.06. The second kappa shape index (κ2) is 5.65. The third-order valence-corrected chi connectivity index (χ3v) is 4.53. The molecule has 0 radical (unpaired) electrons. The first-order chi connectivity index (χ1) is 10.1. The number of aryl methyl sites for hydroxylation is 2. The minimum Gasteiger partial charge on any atom is -0.378 e. The Morgan fingerprint density at radius 1 is 1.24 bits per heavy atom. The molecule has 0 aliphatic carbocycles. The molecule has 108 valence electrons. The van der Waals surface area contributed by atoms with Gasteiger partial charge in [-0.05, 0) is 38.1 Å². The minimum absolute atomic E-state index is 0.248. The summed E-state index contributed by atoms with van der Waals surface area (Å²) in [6, 6.07) is 8.49. The first-order valence-electron chi connectivity index (χ1n) is 6.76. The van der Waals surface area contributed by atoms with E-state index in [0.717, 1.165) is 22.8 Å². The highest BCUT2D eigenvalue weighted by atomic mass is 32.1. The summed E-state index contributed by atoms with van der Waals surface area (Å²) in [5.74, 6) is 0.868. The summed E-state index contributed by atoms with van der Waals surface area (Å²) in [6.07, 6.45) is 1.70. The van der Waals surface area contributed by atoms with Gasteiger partial charge in [0.25, 0.3) is 0 Å². The van der Waals surface area contributed by atoms with Crippen LogP contribution in [0.4, 0.5) is 5.69 Å². The van der Waals surface area contributed by atoms with E-state index < -0.39 is 0 Å². The monoisotopic (exact) mass is 299 g/mol. The lowest BCUT2D eigenvalue weighted by atomic mass is 10.1. The van der Waals surface area contributed by atoms with E-state index in [2.05, 4.69) is 51.7 Å². The molecule has 1 atom stereocenters. The van der Waals surface area contributed by atoms with E-state index in [0.29, 0.717) is 0 Å². The molecule has 0 aliphatic rings. The van der Waals surface area contributed by atoms with Crippen LogP contribution < -0.4 is 5.32 Å². The van der Waals surface area contributed by atoms with Gasteiger partial charge >= 0.3 is 0 Å². The van der Waals surface area contributed by atoms with E-state index in [1.54, 1.807) is 17.7 Å². The first kappa shape index (κ1) is 13.8. The Morgan fingerprint density at radius 2 is 2.00 bits per heavy atom. The fraction of sp³-hybridized carbons (Fsp3) is 0.267. The summed E-state index contributed by atoms with van der Waals surface area (Å²) in [5.41, 5.74) is 5.12. The molecule has 2 heterocycles. The van der Waals surface area contributed by atoms with Crippen molar-refractivity contribution >= 4 is 17.0 Å². The summed E-state index contributed by atoms with van der Waals surface area (Å²) < 4.78 is 1.91. The molecular formula is C15H17N5S. The number of hydrogen-bond donors (Lipinski definition) is 1. The van der Waals surface area contributed by atoms with Gasteiger partial charge in [-0.3, -0.25) is 0 Å². The molecule has 0 saturated heterocycles. The zero-order valence-corrected chi connectivity index (χ0v) is 13.1. The van der Waals surface area contributed by atoms with Gasteiger partial charge in [-0.1, -0.05) is 0 Å². The Balaban J connectivity index is 1.76. The van der Waals surface area contributed by atoms with Crippen molar-refractivity contribution in [1.82, 2.24) is 19.7 Å². The predicted octanol–water partition coefficient (Wildman–Crippen LogP) is 3.42. The molecule has 0 fully saturated rings. The molecule has 3 aromatic rings. The molecule has 5 nitrogen and oxygen atoms in total. The first-order valence-corrected chi connectivity index (χ1v) is 7.64. The lowest BCUT2D eigenvalue weighted by molar-refractivity contribution is 0.890. The van der Waals surface area contributed by atoms with Crippen molar-refractivity contribution in [3.05, 3.63) is 46.7 Å². The Labute approximate surface area is 127 Å². The van der Waals surface area contributed by atoms with Gasteiger partial charge in [0.2, 0.25) is 0 Å². The number of benzene rings is 1. The quantitative estimate of drug-likeness (QED) is 0.802. The van der Waals surface area contributed by atoms with Gasteiger partial charge in [-0.2, -0.15) is 0 Å². The van der Waals surface area contributed by atoms with Crippen molar-refractivity contribution in [1.29, 1.82) is 0 Å². The summed E-state index contributed by atoms with van der Waals surface area (Å²) in [7, 11) is 1.94. The average molecular weight is 299 g/mol. The molecular weight excluding hydrogens is 282 g/mol. The van der Waals surface area contributed by atoms with Crippen LogP contribution in [0.3, 0.4) is 0 Å². The highest BCUT2D eigenvalue weighted by Crippen LogP contribution is 2.26. The number of aromatic nitrogens is 4. The molecule has 0 saturated carbocycles. The van der Waals surface area contributed by atoms with Gasteiger partial charge in [0.15, 0.2) is 5.82 Å². The molecule has 1 unspecified atom stereocenters. The molecule has 1 N–H and O–H groups in total. The van der Waals surface area contributed by atoms with Gasteiger partial charge in [-0.25, -0.2) is 4.98 Å². The van der Waals surface area contributed by atoms with E-state index in [-0.39, 0.29) is 6.04 Å². The fourth-order valence-electron chi connectivity index (χ4n) is 2.30. The smallest absolute Gasteiger partial charge is 0.163 e. The number of rotatable bonds is 4. The number of nitrogens with zero attached hydrogens (tertiary/aromatic N) is 4. The lowest BCUT2D eigenvalue weighted by Gasteiger charge is -2.14. The SMILES string of the molecule is Cc1ncsc1C(C)Nc1ccc(-c2nncn2C)cc1. The largest absolute Gasteiger partial charge is 0.378 e. The van der Waals surface area contributed by atoms with Crippen LogP contribution in [0.1, 0.15) is 23.5 Å². The zero-order valence-electron chi connectivity index (χ0n) is 12.2. The van der Waals surface area contributed by atoms with Crippen LogP contribution in [-0.4, -0.2) is 19.7 Å². The van der Waals surface area contributed by atoms with Crippen molar-refractivity contribution < 1.29 is 0 Å². The van der Waals surface area contributed by atoms with Crippen molar-refractivity contribution in [3.63, 3.8) is 0 Å². The maximum Gasteiger partial charge on any atom is 0.163 e. The molecule has 6 heteroatoms. The van der Waals surface area contributed by atoms with Crippen molar-refractivity contribution in [2.75, 3.05) is 5.32 Å². The topological polar surface area (TPSA) is 55.6 Å². The molecule has 0 spiro atoms. The van der Waals surface area contributed by atoms with Crippen molar-refractivity contribution in [3.8, 4) is 11.4 Å². The van der Waals surface area contributed by atoms with E-state index in [1.165, 1.54) is 4.88 Å². The van der Waals surface area contributed by atoms with Crippen LogP contribution in [-0.2, 0) is 7.05 Å². The van der Waals surface area contributed by atoms with Crippen LogP contribution >= 0.6 is 11.3 Å². The van der Waals surface area contributed by atoms with Crippen molar-refractivity contribution in [2.45, 2.75) is 19.9 Å². The van der Waals surface area contributed by atoms with Gasteiger partial charge in [0.1, 0.15) is 6.33 Å². The van der Waals surface area contributed by atoms with E-state index in [1.807, 2.05) is 24.0 Å². The number of hydrogen-bond acceptors (Lipinski definition) is 5. The third-order valence-electron chi connectivity index (χ3n) is 3.41. The Hall–Kier alpha value is -2.21. The summed E-state index contributed by atoms with van der Waals surface area (Å²) in [4.78, 5) is 5.57. The molecule has 1 aromatic carbocycles. The molecule has 21 heavy (non-hydrogen) atoms. The standard InChI is InChI=1S/C15H17N5S/c1-10-14(21-9-16-10)11(2)18-13-6-4-12(5-7-13)15-19-17-8-20(15)3/h4-9,11,18H,1-3H3. The Kier molecular flexibility index (Phi) is 3.70. The van der Waals surface area contributed by atoms with E-state index in [9.17, 15) is 0 Å².